The van der Waals surface area contributed by atoms with Crippen LogP contribution in [0.5, 0.6) is 6.01 Å². The molecule has 3 aromatic rings. The van der Waals surface area contributed by atoms with Crippen molar-refractivity contribution >= 4 is 22.5 Å². The van der Waals surface area contributed by atoms with Crippen molar-refractivity contribution in [1.82, 2.24) is 19.8 Å². The van der Waals surface area contributed by atoms with Gasteiger partial charge in [-0.25, -0.2) is 0 Å². The number of nitriles is 1. The van der Waals surface area contributed by atoms with Crippen LogP contribution in [0.3, 0.4) is 0 Å². The van der Waals surface area contributed by atoms with Crippen LogP contribution in [0, 0.1) is 18.3 Å². The van der Waals surface area contributed by atoms with E-state index in [9.17, 15) is 10.1 Å². The van der Waals surface area contributed by atoms with E-state index < -0.39 is 0 Å². The Balaban J connectivity index is 1.51. The van der Waals surface area contributed by atoms with E-state index in [1.54, 1.807) is 4.90 Å². The van der Waals surface area contributed by atoms with Crippen LogP contribution in [0.4, 0.5) is 5.82 Å². The van der Waals surface area contributed by atoms with Crippen LogP contribution in [0.25, 0.3) is 10.8 Å². The maximum absolute atomic E-state index is 12.5. The van der Waals surface area contributed by atoms with Crippen LogP contribution in [-0.2, 0) is 22.6 Å². The van der Waals surface area contributed by atoms with Crippen LogP contribution in [0.2, 0.25) is 0 Å². The fraction of sp³-hybridized carbons (Fsp3) is 0.438. The third kappa shape index (κ3) is 6.04. The first-order valence-corrected chi connectivity index (χ1v) is 14.1. The zero-order valence-electron chi connectivity index (χ0n) is 24.3. The largest absolute Gasteiger partial charge is 0.459 e. The summed E-state index contributed by atoms with van der Waals surface area (Å²) in [6, 6.07) is 15.0. The number of amides is 1. The van der Waals surface area contributed by atoms with Crippen LogP contribution in [0.1, 0.15) is 41.8 Å². The molecule has 2 aliphatic rings. The lowest BCUT2D eigenvalue weighted by molar-refractivity contribution is -0.128. The fourth-order valence-corrected chi connectivity index (χ4v) is 6.04. The lowest BCUT2D eigenvalue weighted by atomic mass is 9.92. The molecule has 9 heteroatoms. The van der Waals surface area contributed by atoms with Crippen molar-refractivity contribution in [3.05, 3.63) is 71.4 Å². The van der Waals surface area contributed by atoms with Gasteiger partial charge in [-0.2, -0.15) is 15.2 Å². The number of carbonyl (C=O) groups excluding carboxylic acids is 1. The number of likely N-dealkylation sites (N-methyl/N-ethyl adjacent to an activating group) is 1. The molecular formula is C32H38N6O3. The second-order valence-corrected chi connectivity index (χ2v) is 11.2. The molecule has 5 rings (SSSR count). The van der Waals surface area contributed by atoms with Crippen molar-refractivity contribution in [2.24, 2.45) is 0 Å². The molecule has 214 valence electrons. The van der Waals surface area contributed by atoms with Gasteiger partial charge in [0.05, 0.1) is 36.9 Å². The molecule has 1 amide bonds. The van der Waals surface area contributed by atoms with E-state index in [0.29, 0.717) is 38.7 Å². The SMILES string of the molecule is C=CC(=O)N1CCN(c2nc(OC(C)CN(C)C)nc3c2COC(c2cccc4cccc(C)c24)C3)C[C@@H]1CC#N. The number of nitrogens with zero attached hydrogens (tertiary/aromatic N) is 6. The number of carbonyl (C=O) groups is 1. The van der Waals surface area contributed by atoms with Crippen molar-refractivity contribution in [3.8, 4) is 12.1 Å². The Morgan fingerprint density at radius 1 is 1.27 bits per heavy atom. The number of hydrogen-bond acceptors (Lipinski definition) is 8. The van der Waals surface area contributed by atoms with Gasteiger partial charge in [-0.3, -0.25) is 4.79 Å². The number of ether oxygens (including phenoxy) is 2. The molecule has 1 saturated heterocycles. The third-order valence-electron chi connectivity index (χ3n) is 7.85. The zero-order chi connectivity index (χ0) is 29.1. The first-order valence-electron chi connectivity index (χ1n) is 14.1. The minimum atomic E-state index is -0.266. The second-order valence-electron chi connectivity index (χ2n) is 11.2. The molecule has 0 spiro atoms. The number of aromatic nitrogens is 2. The normalized spacial score (nSPS) is 19.5. The standard InChI is InChI=1S/C32H38N6O3/c1-6-29(39)38-16-15-37(19-24(38)13-14-33)31-26-20-40-28(25-12-8-11-23-10-7-9-21(2)30(23)25)17-27(26)34-32(35-31)41-22(3)18-36(4)5/h6-12,22,24,28H,1,13,15-20H2,2-5H3/t22?,24-,28?/m0/s1. The van der Waals surface area contributed by atoms with Gasteiger partial charge >= 0.3 is 6.01 Å². The van der Waals surface area contributed by atoms with E-state index in [2.05, 4.69) is 65.8 Å². The number of fused-ring (bicyclic) bond motifs is 2. The highest BCUT2D eigenvalue weighted by Crippen LogP contribution is 2.38. The summed E-state index contributed by atoms with van der Waals surface area (Å²) in [7, 11) is 4.01. The number of rotatable bonds is 8. The molecular weight excluding hydrogens is 516 g/mol. The lowest BCUT2D eigenvalue weighted by Crippen LogP contribution is -2.55. The van der Waals surface area contributed by atoms with E-state index in [0.717, 1.165) is 29.2 Å². The topological polar surface area (TPSA) is 94.8 Å². The summed E-state index contributed by atoms with van der Waals surface area (Å²) in [6.45, 7) is 10.4. The van der Waals surface area contributed by atoms with Gasteiger partial charge in [0.1, 0.15) is 11.9 Å². The third-order valence-corrected chi connectivity index (χ3v) is 7.85. The molecule has 2 aromatic carbocycles. The molecule has 0 aliphatic carbocycles. The quantitative estimate of drug-likeness (QED) is 0.383. The molecule has 3 heterocycles. The van der Waals surface area contributed by atoms with Gasteiger partial charge in [-0.1, -0.05) is 43.0 Å². The van der Waals surface area contributed by atoms with Gasteiger partial charge in [-0.15, -0.1) is 0 Å². The summed E-state index contributed by atoms with van der Waals surface area (Å²) < 4.78 is 12.8. The summed E-state index contributed by atoms with van der Waals surface area (Å²) in [5, 5.41) is 11.9. The van der Waals surface area contributed by atoms with Crippen LogP contribution in [0.15, 0.2) is 49.1 Å². The van der Waals surface area contributed by atoms with Crippen LogP contribution >= 0.6 is 0 Å². The predicted octanol–water partition coefficient (Wildman–Crippen LogP) is 4.20. The molecule has 0 radical (unpaired) electrons. The summed E-state index contributed by atoms with van der Waals surface area (Å²) in [5.41, 5.74) is 4.21. The van der Waals surface area contributed by atoms with E-state index in [4.69, 9.17) is 19.4 Å². The molecule has 2 aliphatic heterocycles. The van der Waals surface area contributed by atoms with E-state index >= 15 is 0 Å². The first kappa shape index (κ1) is 28.5. The number of piperazine rings is 1. The Morgan fingerprint density at radius 3 is 2.78 bits per heavy atom. The smallest absolute Gasteiger partial charge is 0.318 e. The lowest BCUT2D eigenvalue weighted by Gasteiger charge is -2.42. The number of aryl methyl sites for hydroxylation is 1. The maximum atomic E-state index is 12.5. The molecule has 0 bridgehead atoms. The van der Waals surface area contributed by atoms with E-state index in [1.165, 1.54) is 22.4 Å². The van der Waals surface area contributed by atoms with Gasteiger partial charge in [0.2, 0.25) is 5.91 Å². The van der Waals surface area contributed by atoms with E-state index in [-0.39, 0.29) is 30.6 Å². The molecule has 2 unspecified atom stereocenters. The highest BCUT2D eigenvalue weighted by Gasteiger charge is 2.34. The summed E-state index contributed by atoms with van der Waals surface area (Å²) in [6.07, 6.45) is 1.86. The zero-order valence-corrected chi connectivity index (χ0v) is 24.3. The molecule has 0 N–H and O–H groups in total. The molecule has 9 nitrogen and oxygen atoms in total. The van der Waals surface area contributed by atoms with Gasteiger partial charge < -0.3 is 24.2 Å². The summed E-state index contributed by atoms with van der Waals surface area (Å²) in [4.78, 5) is 28.2. The average molecular weight is 555 g/mol. The van der Waals surface area contributed by atoms with E-state index in [1.807, 2.05) is 21.0 Å². The van der Waals surface area contributed by atoms with Gasteiger partial charge in [0, 0.05) is 38.2 Å². The Hall–Kier alpha value is -4.00. The fourth-order valence-electron chi connectivity index (χ4n) is 6.04. The van der Waals surface area contributed by atoms with Crippen molar-refractivity contribution < 1.29 is 14.3 Å². The molecule has 3 atom stereocenters. The summed E-state index contributed by atoms with van der Waals surface area (Å²) in [5.74, 6) is 0.593. The van der Waals surface area contributed by atoms with Gasteiger partial charge in [0.25, 0.3) is 0 Å². The van der Waals surface area contributed by atoms with Crippen LogP contribution in [-0.4, -0.2) is 78.1 Å². The van der Waals surface area contributed by atoms with Gasteiger partial charge in [-0.05, 0) is 55.9 Å². The second kappa shape index (κ2) is 12.2. The number of hydrogen-bond donors (Lipinski definition) is 0. The minimum absolute atomic E-state index is 0.111. The van der Waals surface area contributed by atoms with Gasteiger partial charge in [0.15, 0.2) is 0 Å². The number of anilines is 1. The summed E-state index contributed by atoms with van der Waals surface area (Å²) >= 11 is 0. The Bertz CT molecular complexity index is 1480. The van der Waals surface area contributed by atoms with Crippen molar-refractivity contribution in [2.75, 3.05) is 45.2 Å². The maximum Gasteiger partial charge on any atom is 0.318 e. The predicted molar refractivity (Wildman–Crippen MR) is 159 cm³/mol. The molecule has 41 heavy (non-hydrogen) atoms. The Morgan fingerprint density at radius 2 is 2.05 bits per heavy atom. The highest BCUT2D eigenvalue weighted by molar-refractivity contribution is 5.89. The van der Waals surface area contributed by atoms with Crippen molar-refractivity contribution in [2.45, 2.75) is 51.5 Å². The Kier molecular flexibility index (Phi) is 8.52. The average Bonchev–Trinajstić information content (AvgIpc) is 2.95. The monoisotopic (exact) mass is 554 g/mol. The van der Waals surface area contributed by atoms with Crippen molar-refractivity contribution in [3.63, 3.8) is 0 Å². The molecule has 0 saturated carbocycles. The Labute approximate surface area is 242 Å². The van der Waals surface area contributed by atoms with Crippen LogP contribution < -0.4 is 9.64 Å². The molecule has 1 aromatic heterocycles. The minimum Gasteiger partial charge on any atom is -0.459 e. The van der Waals surface area contributed by atoms with Crippen molar-refractivity contribution in [1.29, 1.82) is 5.26 Å². The first-order chi connectivity index (χ1) is 19.8. The highest BCUT2D eigenvalue weighted by atomic mass is 16.5. The number of benzene rings is 2. The molecule has 1 fully saturated rings.